The second kappa shape index (κ2) is 6.22. The first-order chi connectivity index (χ1) is 9.51. The lowest BCUT2D eigenvalue weighted by Gasteiger charge is -2.16. The van der Waals surface area contributed by atoms with Crippen LogP contribution >= 0.6 is 15.9 Å². The van der Waals surface area contributed by atoms with Gasteiger partial charge in [-0.05, 0) is 58.7 Å². The summed E-state index contributed by atoms with van der Waals surface area (Å²) in [4.78, 5) is 0. The summed E-state index contributed by atoms with van der Waals surface area (Å²) in [6.45, 7) is 1.88. The highest BCUT2D eigenvalue weighted by atomic mass is 79.9. The van der Waals surface area contributed by atoms with Crippen LogP contribution in [0.2, 0.25) is 0 Å². The van der Waals surface area contributed by atoms with E-state index >= 15 is 0 Å². The molecular weight excluding hydrogens is 328 g/mol. The van der Waals surface area contributed by atoms with Crippen LogP contribution in [-0.4, -0.2) is 7.11 Å². The fourth-order valence-corrected chi connectivity index (χ4v) is 2.41. The number of halogens is 3. The Balaban J connectivity index is 2.16. The fourth-order valence-electron chi connectivity index (χ4n) is 1.87. The molecule has 0 aliphatic heterocycles. The zero-order valence-electron chi connectivity index (χ0n) is 11.1. The molecule has 2 aromatic carbocycles. The van der Waals surface area contributed by atoms with Gasteiger partial charge in [-0.1, -0.05) is 6.07 Å². The molecule has 0 radical (unpaired) electrons. The Morgan fingerprint density at radius 3 is 2.45 bits per heavy atom. The monoisotopic (exact) mass is 341 g/mol. The van der Waals surface area contributed by atoms with Gasteiger partial charge < -0.3 is 10.1 Å². The molecule has 0 bridgehead atoms. The predicted molar refractivity (Wildman–Crippen MR) is 79.1 cm³/mol. The first kappa shape index (κ1) is 14.8. The zero-order valence-corrected chi connectivity index (χ0v) is 12.7. The zero-order chi connectivity index (χ0) is 14.7. The molecule has 0 saturated carbocycles. The Kier molecular flexibility index (Phi) is 4.60. The first-order valence-corrected chi connectivity index (χ1v) is 6.85. The van der Waals surface area contributed by atoms with Gasteiger partial charge in [0.2, 0.25) is 0 Å². The van der Waals surface area contributed by atoms with E-state index in [9.17, 15) is 8.78 Å². The second-order valence-corrected chi connectivity index (χ2v) is 5.24. The maximum absolute atomic E-state index is 13.2. The minimum Gasteiger partial charge on any atom is -0.496 e. The number of hydrogen-bond acceptors (Lipinski definition) is 2. The van der Waals surface area contributed by atoms with Crippen molar-refractivity contribution in [3.05, 3.63) is 58.1 Å². The van der Waals surface area contributed by atoms with Crippen LogP contribution < -0.4 is 10.1 Å². The number of benzene rings is 2. The third kappa shape index (κ3) is 3.28. The average molecular weight is 342 g/mol. The Morgan fingerprint density at radius 2 is 1.85 bits per heavy atom. The first-order valence-electron chi connectivity index (χ1n) is 6.06. The summed E-state index contributed by atoms with van der Waals surface area (Å²) in [7, 11) is 1.59. The van der Waals surface area contributed by atoms with Crippen LogP contribution in [0.3, 0.4) is 0 Å². The van der Waals surface area contributed by atoms with Crippen molar-refractivity contribution in [2.75, 3.05) is 12.4 Å². The van der Waals surface area contributed by atoms with Crippen molar-refractivity contribution in [2.45, 2.75) is 13.0 Å². The Labute approximate surface area is 124 Å². The highest BCUT2D eigenvalue weighted by molar-refractivity contribution is 9.10. The molecule has 0 amide bonds. The summed E-state index contributed by atoms with van der Waals surface area (Å²) in [6, 6.07) is 9.30. The van der Waals surface area contributed by atoms with Crippen molar-refractivity contribution >= 4 is 21.6 Å². The van der Waals surface area contributed by atoms with E-state index in [1.54, 1.807) is 13.2 Å². The van der Waals surface area contributed by atoms with Gasteiger partial charge in [-0.25, -0.2) is 8.78 Å². The standard InChI is InChI=1S/C15H14BrF2NO/c1-9(10-3-5-13(17)14(18)7-10)19-11-4-6-15(20-2)12(16)8-11/h3-9,19H,1-2H3. The van der Waals surface area contributed by atoms with Crippen LogP contribution in [0.4, 0.5) is 14.5 Å². The quantitative estimate of drug-likeness (QED) is 0.853. The smallest absolute Gasteiger partial charge is 0.159 e. The highest BCUT2D eigenvalue weighted by Crippen LogP contribution is 2.29. The van der Waals surface area contributed by atoms with Crippen LogP contribution in [-0.2, 0) is 0 Å². The minimum atomic E-state index is -0.841. The number of nitrogens with one attached hydrogen (secondary N) is 1. The molecule has 106 valence electrons. The molecule has 2 aromatic rings. The van der Waals surface area contributed by atoms with E-state index in [2.05, 4.69) is 21.2 Å². The molecule has 0 saturated heterocycles. The van der Waals surface area contributed by atoms with Gasteiger partial charge in [0.15, 0.2) is 11.6 Å². The van der Waals surface area contributed by atoms with E-state index in [1.165, 1.54) is 6.07 Å². The lowest BCUT2D eigenvalue weighted by Crippen LogP contribution is -2.07. The average Bonchev–Trinajstić information content (AvgIpc) is 2.42. The molecule has 0 aliphatic carbocycles. The second-order valence-electron chi connectivity index (χ2n) is 4.39. The molecule has 5 heteroatoms. The van der Waals surface area contributed by atoms with Crippen molar-refractivity contribution in [1.82, 2.24) is 0 Å². The van der Waals surface area contributed by atoms with Crippen molar-refractivity contribution in [3.8, 4) is 5.75 Å². The van der Waals surface area contributed by atoms with Crippen LogP contribution in [0.25, 0.3) is 0 Å². The third-order valence-electron chi connectivity index (χ3n) is 2.98. The van der Waals surface area contributed by atoms with E-state index < -0.39 is 11.6 Å². The van der Waals surface area contributed by atoms with Gasteiger partial charge in [-0.15, -0.1) is 0 Å². The van der Waals surface area contributed by atoms with Gasteiger partial charge in [0.1, 0.15) is 5.75 Å². The Morgan fingerprint density at radius 1 is 1.10 bits per heavy atom. The summed E-state index contributed by atoms with van der Waals surface area (Å²) in [5.41, 5.74) is 1.53. The lowest BCUT2D eigenvalue weighted by molar-refractivity contribution is 0.412. The van der Waals surface area contributed by atoms with E-state index in [1.807, 2.05) is 25.1 Å². The largest absolute Gasteiger partial charge is 0.496 e. The molecule has 20 heavy (non-hydrogen) atoms. The van der Waals surface area contributed by atoms with Crippen LogP contribution in [0.1, 0.15) is 18.5 Å². The van der Waals surface area contributed by atoms with E-state index in [4.69, 9.17) is 4.74 Å². The molecule has 0 spiro atoms. The summed E-state index contributed by atoms with van der Waals surface area (Å²) < 4.78 is 32.1. The summed E-state index contributed by atoms with van der Waals surface area (Å²) in [5, 5.41) is 3.22. The number of ether oxygens (including phenoxy) is 1. The van der Waals surface area contributed by atoms with Gasteiger partial charge in [-0.3, -0.25) is 0 Å². The van der Waals surface area contributed by atoms with Crippen molar-refractivity contribution < 1.29 is 13.5 Å². The van der Waals surface area contributed by atoms with Gasteiger partial charge in [0, 0.05) is 11.7 Å². The molecule has 0 aliphatic rings. The molecule has 1 N–H and O–H groups in total. The maximum atomic E-state index is 13.2. The van der Waals surface area contributed by atoms with Crippen LogP contribution in [0.5, 0.6) is 5.75 Å². The van der Waals surface area contributed by atoms with E-state index in [0.29, 0.717) is 5.56 Å². The summed E-state index contributed by atoms with van der Waals surface area (Å²) in [6.07, 6.45) is 0. The van der Waals surface area contributed by atoms with E-state index in [0.717, 1.165) is 22.0 Å². The molecule has 2 rings (SSSR count). The third-order valence-corrected chi connectivity index (χ3v) is 3.60. The van der Waals surface area contributed by atoms with Gasteiger partial charge in [0.05, 0.1) is 11.6 Å². The fraction of sp³-hybridized carbons (Fsp3) is 0.200. The van der Waals surface area contributed by atoms with Crippen molar-refractivity contribution in [3.63, 3.8) is 0 Å². The summed E-state index contributed by atoms with van der Waals surface area (Å²) in [5.74, 6) is -0.948. The normalized spacial score (nSPS) is 12.1. The molecule has 0 fully saturated rings. The van der Waals surface area contributed by atoms with Crippen molar-refractivity contribution in [1.29, 1.82) is 0 Å². The van der Waals surface area contributed by atoms with E-state index in [-0.39, 0.29) is 6.04 Å². The topological polar surface area (TPSA) is 21.3 Å². The number of methoxy groups -OCH3 is 1. The van der Waals surface area contributed by atoms with Crippen LogP contribution in [0.15, 0.2) is 40.9 Å². The number of rotatable bonds is 4. The van der Waals surface area contributed by atoms with Crippen molar-refractivity contribution in [2.24, 2.45) is 0 Å². The minimum absolute atomic E-state index is 0.148. The predicted octanol–water partition coefficient (Wildman–Crippen LogP) is 4.91. The molecular formula is C15H14BrF2NO. The Bertz CT molecular complexity index is 619. The molecule has 0 aromatic heterocycles. The van der Waals surface area contributed by atoms with Gasteiger partial charge in [-0.2, -0.15) is 0 Å². The summed E-state index contributed by atoms with van der Waals surface area (Å²) >= 11 is 3.40. The maximum Gasteiger partial charge on any atom is 0.159 e. The number of hydrogen-bond donors (Lipinski definition) is 1. The number of anilines is 1. The molecule has 2 nitrogen and oxygen atoms in total. The lowest BCUT2D eigenvalue weighted by atomic mass is 10.1. The Hall–Kier alpha value is -1.62. The molecule has 1 unspecified atom stereocenters. The van der Waals surface area contributed by atoms with Gasteiger partial charge in [0.25, 0.3) is 0 Å². The van der Waals surface area contributed by atoms with Gasteiger partial charge >= 0.3 is 0 Å². The molecule has 1 atom stereocenters. The van der Waals surface area contributed by atoms with Crippen LogP contribution in [0, 0.1) is 11.6 Å². The SMILES string of the molecule is COc1ccc(NC(C)c2ccc(F)c(F)c2)cc1Br. The highest BCUT2D eigenvalue weighted by Gasteiger charge is 2.10. The molecule has 0 heterocycles.